The molecule has 1 aromatic heterocycles. The first-order valence-corrected chi connectivity index (χ1v) is 8.75. The van der Waals surface area contributed by atoms with Crippen molar-refractivity contribution < 1.29 is 13.9 Å². The SMILES string of the molecule is CCOc1nc(-c2ccccc2F)n(-c2ccc(NC(=O)C(C)C)cc2)n1. The summed E-state index contributed by atoms with van der Waals surface area (Å²) < 4.78 is 21.2. The lowest BCUT2D eigenvalue weighted by Gasteiger charge is -2.10. The van der Waals surface area contributed by atoms with Gasteiger partial charge in [-0.15, -0.1) is 5.10 Å². The standard InChI is InChI=1S/C20H21FN4O2/c1-4-27-20-23-18(16-7-5-6-8-17(16)21)25(24-20)15-11-9-14(10-12-15)22-19(26)13(2)3/h5-13H,4H2,1-3H3,(H,22,26). The first-order chi connectivity index (χ1) is 13.0. The Morgan fingerprint density at radius 1 is 1.19 bits per heavy atom. The van der Waals surface area contributed by atoms with E-state index < -0.39 is 5.82 Å². The maximum atomic E-state index is 14.3. The van der Waals surface area contributed by atoms with E-state index in [9.17, 15) is 9.18 Å². The van der Waals surface area contributed by atoms with Crippen LogP contribution in [0.25, 0.3) is 17.1 Å². The van der Waals surface area contributed by atoms with Crippen LogP contribution in [0.5, 0.6) is 6.01 Å². The fourth-order valence-electron chi connectivity index (χ4n) is 2.45. The van der Waals surface area contributed by atoms with Gasteiger partial charge < -0.3 is 10.1 Å². The van der Waals surface area contributed by atoms with E-state index in [0.29, 0.717) is 29.4 Å². The van der Waals surface area contributed by atoms with E-state index in [0.717, 1.165) is 0 Å². The summed E-state index contributed by atoms with van der Waals surface area (Å²) in [7, 11) is 0. The van der Waals surface area contributed by atoms with Gasteiger partial charge in [0.15, 0.2) is 5.82 Å². The summed E-state index contributed by atoms with van der Waals surface area (Å²) in [6, 6.07) is 13.6. The number of benzene rings is 2. The minimum atomic E-state index is -0.394. The fraction of sp³-hybridized carbons (Fsp3) is 0.250. The van der Waals surface area contributed by atoms with E-state index in [1.807, 2.05) is 20.8 Å². The molecule has 3 aromatic rings. The van der Waals surface area contributed by atoms with E-state index in [4.69, 9.17) is 4.74 Å². The van der Waals surface area contributed by atoms with Gasteiger partial charge in [-0.05, 0) is 43.3 Å². The maximum Gasteiger partial charge on any atom is 0.336 e. The number of nitrogens with one attached hydrogen (secondary N) is 1. The van der Waals surface area contributed by atoms with Crippen LogP contribution in [-0.4, -0.2) is 27.3 Å². The van der Waals surface area contributed by atoms with Gasteiger partial charge in [-0.1, -0.05) is 26.0 Å². The third-order valence-electron chi connectivity index (χ3n) is 3.88. The van der Waals surface area contributed by atoms with Crippen molar-refractivity contribution >= 4 is 11.6 Å². The van der Waals surface area contributed by atoms with Gasteiger partial charge in [0.25, 0.3) is 0 Å². The second kappa shape index (κ2) is 7.99. The Hall–Kier alpha value is -3.22. The van der Waals surface area contributed by atoms with Crippen molar-refractivity contribution in [2.45, 2.75) is 20.8 Å². The van der Waals surface area contributed by atoms with Crippen LogP contribution < -0.4 is 10.1 Å². The van der Waals surface area contributed by atoms with Crippen molar-refractivity contribution in [1.29, 1.82) is 0 Å². The minimum absolute atomic E-state index is 0.0609. The highest BCUT2D eigenvalue weighted by Gasteiger charge is 2.17. The molecule has 0 unspecified atom stereocenters. The average molecular weight is 368 g/mol. The number of rotatable bonds is 6. The molecule has 0 atom stereocenters. The first-order valence-electron chi connectivity index (χ1n) is 8.75. The zero-order valence-electron chi connectivity index (χ0n) is 15.4. The van der Waals surface area contributed by atoms with Gasteiger partial charge >= 0.3 is 6.01 Å². The first kappa shape index (κ1) is 18.6. The molecule has 3 rings (SSSR count). The van der Waals surface area contributed by atoms with Crippen LogP contribution in [0.2, 0.25) is 0 Å². The number of carbonyl (C=O) groups excluding carboxylic acids is 1. The molecule has 0 spiro atoms. The third kappa shape index (κ3) is 4.13. The predicted octanol–water partition coefficient (Wildman–Crippen LogP) is 4.07. The fourth-order valence-corrected chi connectivity index (χ4v) is 2.45. The topological polar surface area (TPSA) is 69.0 Å². The Morgan fingerprint density at radius 2 is 1.89 bits per heavy atom. The lowest BCUT2D eigenvalue weighted by molar-refractivity contribution is -0.118. The average Bonchev–Trinajstić information content (AvgIpc) is 3.06. The van der Waals surface area contributed by atoms with E-state index in [1.165, 1.54) is 10.7 Å². The monoisotopic (exact) mass is 368 g/mol. The van der Waals surface area contributed by atoms with Gasteiger partial charge in [-0.2, -0.15) is 4.98 Å². The van der Waals surface area contributed by atoms with Crippen LogP contribution in [0.15, 0.2) is 48.5 Å². The van der Waals surface area contributed by atoms with Gasteiger partial charge in [0.1, 0.15) is 5.82 Å². The van der Waals surface area contributed by atoms with Crippen LogP contribution in [0.1, 0.15) is 20.8 Å². The number of halogens is 1. The molecule has 0 saturated heterocycles. The Kier molecular flexibility index (Phi) is 5.49. The quantitative estimate of drug-likeness (QED) is 0.712. The van der Waals surface area contributed by atoms with Gasteiger partial charge in [-0.25, -0.2) is 9.07 Å². The maximum absolute atomic E-state index is 14.3. The summed E-state index contributed by atoms with van der Waals surface area (Å²) in [6.45, 7) is 5.89. The molecule has 0 aliphatic carbocycles. The largest absolute Gasteiger partial charge is 0.463 e. The summed E-state index contributed by atoms with van der Waals surface area (Å²) >= 11 is 0. The molecule has 0 aliphatic heterocycles. The Bertz CT molecular complexity index is 935. The van der Waals surface area contributed by atoms with Crippen LogP contribution in [0, 0.1) is 11.7 Å². The number of amides is 1. The molecule has 2 aromatic carbocycles. The van der Waals surface area contributed by atoms with Crippen LogP contribution in [0.3, 0.4) is 0 Å². The van der Waals surface area contributed by atoms with E-state index in [2.05, 4.69) is 15.4 Å². The molecular weight excluding hydrogens is 347 g/mol. The summed E-state index contributed by atoms with van der Waals surface area (Å²) in [5, 5.41) is 7.17. The Labute approximate surface area is 157 Å². The van der Waals surface area contributed by atoms with Crippen molar-refractivity contribution in [1.82, 2.24) is 14.8 Å². The van der Waals surface area contributed by atoms with Crippen molar-refractivity contribution in [2.24, 2.45) is 5.92 Å². The molecular formula is C20H21FN4O2. The van der Waals surface area contributed by atoms with Gasteiger partial charge in [0, 0.05) is 11.6 Å². The molecule has 1 heterocycles. The lowest BCUT2D eigenvalue weighted by Crippen LogP contribution is -2.17. The molecule has 1 N–H and O–H groups in total. The van der Waals surface area contributed by atoms with Crippen LogP contribution in [-0.2, 0) is 4.79 Å². The molecule has 1 amide bonds. The third-order valence-corrected chi connectivity index (χ3v) is 3.88. The number of nitrogens with zero attached hydrogens (tertiary/aromatic N) is 3. The van der Waals surface area contributed by atoms with Crippen LogP contribution in [0.4, 0.5) is 10.1 Å². The number of anilines is 1. The van der Waals surface area contributed by atoms with Crippen LogP contribution >= 0.6 is 0 Å². The van der Waals surface area contributed by atoms with E-state index >= 15 is 0 Å². The zero-order valence-corrected chi connectivity index (χ0v) is 15.4. The zero-order chi connectivity index (χ0) is 19.4. The second-order valence-electron chi connectivity index (χ2n) is 6.23. The summed E-state index contributed by atoms with van der Waals surface area (Å²) in [5.74, 6) is -0.221. The molecule has 7 heteroatoms. The predicted molar refractivity (Wildman–Crippen MR) is 101 cm³/mol. The van der Waals surface area contributed by atoms with Crippen molar-refractivity contribution in [3.63, 3.8) is 0 Å². The van der Waals surface area contributed by atoms with E-state index in [1.54, 1.807) is 42.5 Å². The number of aromatic nitrogens is 3. The van der Waals surface area contributed by atoms with Gasteiger partial charge in [0.2, 0.25) is 5.91 Å². The molecule has 0 saturated carbocycles. The Balaban J connectivity index is 1.98. The molecule has 0 aliphatic rings. The Morgan fingerprint density at radius 3 is 2.52 bits per heavy atom. The summed E-state index contributed by atoms with van der Waals surface area (Å²) in [6.07, 6.45) is 0. The summed E-state index contributed by atoms with van der Waals surface area (Å²) in [5.41, 5.74) is 1.68. The normalized spacial score (nSPS) is 10.9. The minimum Gasteiger partial charge on any atom is -0.463 e. The van der Waals surface area contributed by atoms with Gasteiger partial charge in [0.05, 0.1) is 17.9 Å². The lowest BCUT2D eigenvalue weighted by atomic mass is 10.2. The second-order valence-corrected chi connectivity index (χ2v) is 6.23. The molecule has 0 fully saturated rings. The molecule has 6 nitrogen and oxygen atoms in total. The van der Waals surface area contributed by atoms with Crippen molar-refractivity contribution in [2.75, 3.05) is 11.9 Å². The highest BCUT2D eigenvalue weighted by Crippen LogP contribution is 2.26. The van der Waals surface area contributed by atoms with E-state index in [-0.39, 0.29) is 17.8 Å². The van der Waals surface area contributed by atoms with Gasteiger partial charge in [-0.3, -0.25) is 4.79 Å². The number of carbonyl (C=O) groups is 1. The highest BCUT2D eigenvalue weighted by molar-refractivity contribution is 5.92. The van der Waals surface area contributed by atoms with Crippen molar-refractivity contribution in [3.05, 3.63) is 54.3 Å². The molecule has 27 heavy (non-hydrogen) atoms. The van der Waals surface area contributed by atoms with Crippen molar-refractivity contribution in [3.8, 4) is 23.1 Å². The highest BCUT2D eigenvalue weighted by atomic mass is 19.1. The molecule has 140 valence electrons. The number of ether oxygens (including phenoxy) is 1. The number of hydrogen-bond donors (Lipinski definition) is 1. The number of hydrogen-bond acceptors (Lipinski definition) is 4. The molecule has 0 bridgehead atoms. The smallest absolute Gasteiger partial charge is 0.336 e. The molecule has 0 radical (unpaired) electrons. The summed E-state index contributed by atoms with van der Waals surface area (Å²) in [4.78, 5) is 16.1.